The second kappa shape index (κ2) is 6.71. The van der Waals surface area contributed by atoms with Gasteiger partial charge >= 0.3 is 0 Å². The average Bonchev–Trinajstić information content (AvgIpc) is 2.39. The molecule has 0 aromatic carbocycles. The van der Waals surface area contributed by atoms with E-state index < -0.39 is 0 Å². The fourth-order valence-corrected chi connectivity index (χ4v) is 3.40. The Labute approximate surface area is 117 Å². The molecule has 1 saturated heterocycles. The van der Waals surface area contributed by atoms with E-state index >= 15 is 0 Å². The van der Waals surface area contributed by atoms with Gasteiger partial charge in [-0.2, -0.15) is 0 Å². The lowest BCUT2D eigenvalue weighted by Crippen LogP contribution is -2.47. The number of hydrogen-bond donors (Lipinski definition) is 1. The summed E-state index contributed by atoms with van der Waals surface area (Å²) >= 11 is 0. The molecule has 2 fully saturated rings. The molecule has 110 valence electrons. The van der Waals surface area contributed by atoms with Crippen molar-refractivity contribution < 1.29 is 4.79 Å². The Bertz CT molecular complexity index is 300. The number of piperidine rings is 1. The number of rotatable bonds is 3. The van der Waals surface area contributed by atoms with Gasteiger partial charge in [-0.05, 0) is 51.5 Å². The van der Waals surface area contributed by atoms with Gasteiger partial charge < -0.3 is 10.6 Å². The Kier molecular flexibility index (Phi) is 5.22. The lowest BCUT2D eigenvalue weighted by atomic mass is 9.91. The molecule has 1 aliphatic heterocycles. The van der Waals surface area contributed by atoms with E-state index in [1.54, 1.807) is 0 Å². The predicted octanol–water partition coefficient (Wildman–Crippen LogP) is 1.45. The summed E-state index contributed by atoms with van der Waals surface area (Å²) in [5.74, 6) is 0.972. The summed E-state index contributed by atoms with van der Waals surface area (Å²) in [6.45, 7) is 4.72. The van der Waals surface area contributed by atoms with Gasteiger partial charge in [0.2, 0.25) is 5.91 Å². The molecule has 2 rings (SSSR count). The molecule has 1 amide bonds. The molecule has 0 aromatic heterocycles. The third kappa shape index (κ3) is 4.18. The molecule has 19 heavy (non-hydrogen) atoms. The summed E-state index contributed by atoms with van der Waals surface area (Å²) in [6, 6.07) is 0.925. The van der Waals surface area contributed by atoms with Crippen molar-refractivity contribution in [2.24, 2.45) is 11.7 Å². The highest BCUT2D eigenvalue weighted by molar-refractivity contribution is 5.78. The summed E-state index contributed by atoms with van der Waals surface area (Å²) < 4.78 is 0. The SMILES string of the molecule is CC1CCCN(C(=O)CN(C)C2CCC(N)CC2)C1. The van der Waals surface area contributed by atoms with Gasteiger partial charge in [-0.15, -0.1) is 0 Å². The maximum Gasteiger partial charge on any atom is 0.236 e. The van der Waals surface area contributed by atoms with Gasteiger partial charge in [0.15, 0.2) is 0 Å². The van der Waals surface area contributed by atoms with Crippen molar-refractivity contribution in [3.05, 3.63) is 0 Å². The predicted molar refractivity (Wildman–Crippen MR) is 77.8 cm³/mol. The molecular formula is C15H29N3O. The molecule has 1 saturated carbocycles. The number of carbonyl (C=O) groups excluding carboxylic acids is 1. The molecule has 4 nitrogen and oxygen atoms in total. The molecule has 1 atom stereocenters. The van der Waals surface area contributed by atoms with E-state index in [4.69, 9.17) is 5.73 Å². The van der Waals surface area contributed by atoms with Crippen LogP contribution in [0.3, 0.4) is 0 Å². The first kappa shape index (κ1) is 14.8. The minimum atomic E-state index is 0.309. The normalized spacial score (nSPS) is 32.6. The quantitative estimate of drug-likeness (QED) is 0.842. The van der Waals surface area contributed by atoms with Crippen LogP contribution in [0.2, 0.25) is 0 Å². The third-order valence-electron chi connectivity index (χ3n) is 4.76. The molecule has 1 heterocycles. The molecule has 2 aliphatic rings. The Morgan fingerprint density at radius 2 is 1.95 bits per heavy atom. The van der Waals surface area contributed by atoms with Crippen LogP contribution in [0.5, 0.6) is 0 Å². The van der Waals surface area contributed by atoms with E-state index in [0.717, 1.165) is 45.2 Å². The van der Waals surface area contributed by atoms with Gasteiger partial charge in [0.25, 0.3) is 0 Å². The van der Waals surface area contributed by atoms with Crippen molar-refractivity contribution in [2.45, 2.75) is 57.5 Å². The van der Waals surface area contributed by atoms with E-state index in [-0.39, 0.29) is 0 Å². The standard InChI is InChI=1S/C15H29N3O/c1-12-4-3-9-18(10-12)15(19)11-17(2)14-7-5-13(16)6-8-14/h12-14H,3-11,16H2,1-2H3. The lowest BCUT2D eigenvalue weighted by molar-refractivity contribution is -0.134. The van der Waals surface area contributed by atoms with Gasteiger partial charge in [0, 0.05) is 25.2 Å². The zero-order chi connectivity index (χ0) is 13.8. The average molecular weight is 267 g/mol. The van der Waals surface area contributed by atoms with Crippen molar-refractivity contribution in [1.82, 2.24) is 9.80 Å². The first-order chi connectivity index (χ1) is 9.06. The van der Waals surface area contributed by atoms with Gasteiger partial charge in [-0.1, -0.05) is 6.92 Å². The maximum atomic E-state index is 12.3. The highest BCUT2D eigenvalue weighted by atomic mass is 16.2. The first-order valence-corrected chi connectivity index (χ1v) is 7.80. The number of carbonyl (C=O) groups is 1. The molecule has 0 radical (unpaired) electrons. The Balaban J connectivity index is 1.78. The van der Waals surface area contributed by atoms with Crippen molar-refractivity contribution in [3.8, 4) is 0 Å². The second-order valence-corrected chi connectivity index (χ2v) is 6.57. The van der Waals surface area contributed by atoms with Gasteiger partial charge in [-0.25, -0.2) is 0 Å². The minimum Gasteiger partial charge on any atom is -0.341 e. The molecule has 0 aromatic rings. The van der Waals surface area contributed by atoms with Crippen LogP contribution >= 0.6 is 0 Å². The number of nitrogens with two attached hydrogens (primary N) is 1. The monoisotopic (exact) mass is 267 g/mol. The number of hydrogen-bond acceptors (Lipinski definition) is 3. The summed E-state index contributed by atoms with van der Waals surface area (Å²) in [5.41, 5.74) is 5.94. The summed E-state index contributed by atoms with van der Waals surface area (Å²) in [6.07, 6.45) is 6.91. The Hall–Kier alpha value is -0.610. The molecule has 2 N–H and O–H groups in total. The van der Waals surface area contributed by atoms with Crippen LogP contribution in [0.15, 0.2) is 0 Å². The van der Waals surface area contributed by atoms with Gasteiger partial charge in [0.1, 0.15) is 0 Å². The molecular weight excluding hydrogens is 238 g/mol. The smallest absolute Gasteiger partial charge is 0.236 e. The molecule has 1 unspecified atom stereocenters. The lowest BCUT2D eigenvalue weighted by Gasteiger charge is -2.36. The molecule has 0 bridgehead atoms. The topological polar surface area (TPSA) is 49.6 Å². The number of amides is 1. The minimum absolute atomic E-state index is 0.309. The zero-order valence-corrected chi connectivity index (χ0v) is 12.5. The third-order valence-corrected chi connectivity index (χ3v) is 4.76. The fourth-order valence-electron chi connectivity index (χ4n) is 3.40. The summed E-state index contributed by atoms with van der Waals surface area (Å²) in [5, 5.41) is 0. The maximum absolute atomic E-state index is 12.3. The van der Waals surface area contributed by atoms with Crippen LogP contribution in [0.1, 0.15) is 45.4 Å². The fraction of sp³-hybridized carbons (Fsp3) is 0.933. The van der Waals surface area contributed by atoms with Crippen LogP contribution in [0.25, 0.3) is 0 Å². The highest BCUT2D eigenvalue weighted by Crippen LogP contribution is 2.21. The Morgan fingerprint density at radius 3 is 2.58 bits per heavy atom. The van der Waals surface area contributed by atoms with Gasteiger partial charge in [0.05, 0.1) is 6.54 Å². The van der Waals surface area contributed by atoms with Crippen LogP contribution in [0, 0.1) is 5.92 Å². The number of likely N-dealkylation sites (tertiary alicyclic amines) is 1. The van der Waals surface area contributed by atoms with Gasteiger partial charge in [-0.3, -0.25) is 9.69 Å². The molecule has 4 heteroatoms. The van der Waals surface area contributed by atoms with E-state index in [2.05, 4.69) is 23.8 Å². The number of nitrogens with zero attached hydrogens (tertiary/aromatic N) is 2. The van der Waals surface area contributed by atoms with Crippen molar-refractivity contribution >= 4 is 5.91 Å². The van der Waals surface area contributed by atoms with Crippen LogP contribution in [0.4, 0.5) is 0 Å². The van der Waals surface area contributed by atoms with Crippen molar-refractivity contribution in [1.29, 1.82) is 0 Å². The molecule has 0 spiro atoms. The van der Waals surface area contributed by atoms with E-state index in [1.165, 1.54) is 6.42 Å². The largest absolute Gasteiger partial charge is 0.341 e. The van der Waals surface area contributed by atoms with Crippen molar-refractivity contribution in [2.75, 3.05) is 26.7 Å². The number of likely N-dealkylation sites (N-methyl/N-ethyl adjacent to an activating group) is 1. The second-order valence-electron chi connectivity index (χ2n) is 6.57. The summed E-state index contributed by atoms with van der Waals surface area (Å²) in [4.78, 5) is 16.6. The molecule has 1 aliphatic carbocycles. The summed E-state index contributed by atoms with van der Waals surface area (Å²) in [7, 11) is 2.09. The Morgan fingerprint density at radius 1 is 1.26 bits per heavy atom. The van der Waals surface area contributed by atoms with Crippen LogP contribution in [-0.2, 0) is 4.79 Å². The first-order valence-electron chi connectivity index (χ1n) is 7.80. The van der Waals surface area contributed by atoms with E-state index in [1.807, 2.05) is 0 Å². The zero-order valence-electron chi connectivity index (χ0n) is 12.5. The van der Waals surface area contributed by atoms with E-state index in [9.17, 15) is 4.79 Å². The van der Waals surface area contributed by atoms with Crippen LogP contribution < -0.4 is 5.73 Å². The van der Waals surface area contributed by atoms with E-state index in [0.29, 0.717) is 30.5 Å². The highest BCUT2D eigenvalue weighted by Gasteiger charge is 2.26. The van der Waals surface area contributed by atoms with Crippen molar-refractivity contribution in [3.63, 3.8) is 0 Å². The van der Waals surface area contributed by atoms with Crippen LogP contribution in [-0.4, -0.2) is 54.5 Å².